The third-order valence-corrected chi connectivity index (χ3v) is 2.83. The molecule has 14 heavy (non-hydrogen) atoms. The van der Waals surface area contributed by atoms with Crippen molar-refractivity contribution in [1.29, 1.82) is 0 Å². The number of nitrogens with zero attached hydrogens (tertiary/aromatic N) is 3. The van der Waals surface area contributed by atoms with Crippen molar-refractivity contribution in [1.82, 2.24) is 14.7 Å². The Balaban J connectivity index is 1.98. The molecule has 4 nitrogen and oxygen atoms in total. The number of hydrogen-bond donors (Lipinski definition) is 1. The van der Waals surface area contributed by atoms with Crippen LogP contribution in [-0.2, 0) is 13.6 Å². The normalized spacial score (nSPS) is 18.6. The van der Waals surface area contributed by atoms with Crippen LogP contribution in [0.3, 0.4) is 0 Å². The van der Waals surface area contributed by atoms with E-state index in [1.807, 2.05) is 17.8 Å². The van der Waals surface area contributed by atoms with Crippen LogP contribution in [-0.4, -0.2) is 27.8 Å². The average Bonchev–Trinajstić information content (AvgIpc) is 2.47. The Labute approximate surface area is 84.7 Å². The van der Waals surface area contributed by atoms with E-state index in [4.69, 9.17) is 5.73 Å². The van der Waals surface area contributed by atoms with Gasteiger partial charge in [0.05, 0.1) is 5.69 Å². The molecule has 0 aromatic carbocycles. The van der Waals surface area contributed by atoms with E-state index in [1.165, 1.54) is 38.0 Å². The average molecular weight is 194 g/mol. The molecule has 1 aliphatic heterocycles. The van der Waals surface area contributed by atoms with E-state index in [0.29, 0.717) is 5.82 Å². The van der Waals surface area contributed by atoms with Crippen molar-refractivity contribution >= 4 is 5.82 Å². The molecule has 2 rings (SSSR count). The molecule has 0 amide bonds. The van der Waals surface area contributed by atoms with Crippen LogP contribution in [0.5, 0.6) is 0 Å². The predicted octanol–water partition coefficient (Wildman–Crippen LogP) is 0.988. The van der Waals surface area contributed by atoms with Crippen LogP contribution in [0.25, 0.3) is 0 Å². The van der Waals surface area contributed by atoms with Gasteiger partial charge in [0.2, 0.25) is 0 Å². The molecule has 0 saturated carbocycles. The number of hydrogen-bond acceptors (Lipinski definition) is 3. The van der Waals surface area contributed by atoms with Gasteiger partial charge in [0.15, 0.2) is 0 Å². The summed E-state index contributed by atoms with van der Waals surface area (Å²) in [6.07, 6.45) is 4.03. The summed E-state index contributed by atoms with van der Waals surface area (Å²) in [5, 5.41) is 4.14. The second-order valence-corrected chi connectivity index (χ2v) is 4.02. The number of nitrogen functional groups attached to an aromatic ring is 1. The number of piperidine rings is 1. The van der Waals surface area contributed by atoms with Crippen LogP contribution in [0.4, 0.5) is 5.82 Å². The Morgan fingerprint density at radius 1 is 1.36 bits per heavy atom. The summed E-state index contributed by atoms with van der Waals surface area (Å²) in [5.41, 5.74) is 6.85. The maximum atomic E-state index is 5.63. The maximum absolute atomic E-state index is 5.63. The van der Waals surface area contributed by atoms with Gasteiger partial charge >= 0.3 is 0 Å². The standard InChI is InChI=1S/C10H18N4/c1-13-9(7-10(11)12-13)8-14-5-3-2-4-6-14/h7H,2-6,8H2,1H3,(H2,11,12). The van der Waals surface area contributed by atoms with Crippen molar-refractivity contribution in [3.8, 4) is 0 Å². The fraction of sp³-hybridized carbons (Fsp3) is 0.700. The van der Waals surface area contributed by atoms with Gasteiger partial charge in [0, 0.05) is 19.7 Å². The molecule has 0 radical (unpaired) electrons. The number of aromatic nitrogens is 2. The summed E-state index contributed by atoms with van der Waals surface area (Å²) < 4.78 is 1.88. The quantitative estimate of drug-likeness (QED) is 0.763. The molecule has 0 unspecified atom stereocenters. The highest BCUT2D eigenvalue weighted by molar-refractivity contribution is 5.29. The van der Waals surface area contributed by atoms with Gasteiger partial charge in [-0.3, -0.25) is 9.58 Å². The molecule has 1 aliphatic rings. The highest BCUT2D eigenvalue weighted by atomic mass is 15.3. The van der Waals surface area contributed by atoms with E-state index in [-0.39, 0.29) is 0 Å². The minimum atomic E-state index is 0.625. The smallest absolute Gasteiger partial charge is 0.145 e. The van der Waals surface area contributed by atoms with Crippen LogP contribution in [0, 0.1) is 0 Å². The van der Waals surface area contributed by atoms with Gasteiger partial charge in [0.1, 0.15) is 5.82 Å². The van der Waals surface area contributed by atoms with Crippen molar-refractivity contribution in [3.05, 3.63) is 11.8 Å². The summed E-state index contributed by atoms with van der Waals surface area (Å²) in [5.74, 6) is 0.625. The molecule has 2 heterocycles. The van der Waals surface area contributed by atoms with Crippen LogP contribution in [0.1, 0.15) is 25.0 Å². The lowest BCUT2D eigenvalue weighted by Gasteiger charge is -2.26. The summed E-state index contributed by atoms with van der Waals surface area (Å²) in [4.78, 5) is 2.47. The van der Waals surface area contributed by atoms with Gasteiger partial charge in [-0.2, -0.15) is 5.10 Å². The highest BCUT2D eigenvalue weighted by Gasteiger charge is 2.12. The molecule has 1 aromatic rings. The summed E-state index contributed by atoms with van der Waals surface area (Å²) in [6.45, 7) is 3.41. The first-order valence-corrected chi connectivity index (χ1v) is 5.26. The lowest BCUT2D eigenvalue weighted by Crippen LogP contribution is -2.29. The van der Waals surface area contributed by atoms with Gasteiger partial charge in [-0.25, -0.2) is 0 Å². The minimum absolute atomic E-state index is 0.625. The second-order valence-electron chi connectivity index (χ2n) is 4.02. The van der Waals surface area contributed by atoms with E-state index in [1.54, 1.807) is 0 Å². The zero-order chi connectivity index (χ0) is 9.97. The van der Waals surface area contributed by atoms with E-state index in [2.05, 4.69) is 10.00 Å². The van der Waals surface area contributed by atoms with Gasteiger partial charge in [-0.05, 0) is 25.9 Å². The zero-order valence-corrected chi connectivity index (χ0v) is 8.74. The third-order valence-electron chi connectivity index (χ3n) is 2.83. The molecule has 0 bridgehead atoms. The van der Waals surface area contributed by atoms with Crippen LogP contribution >= 0.6 is 0 Å². The van der Waals surface area contributed by atoms with Gasteiger partial charge in [0.25, 0.3) is 0 Å². The van der Waals surface area contributed by atoms with Gasteiger partial charge in [-0.1, -0.05) is 6.42 Å². The van der Waals surface area contributed by atoms with Crippen molar-refractivity contribution in [2.45, 2.75) is 25.8 Å². The number of nitrogens with two attached hydrogens (primary N) is 1. The largest absolute Gasteiger partial charge is 0.382 e. The molecule has 1 aromatic heterocycles. The molecule has 2 N–H and O–H groups in total. The van der Waals surface area contributed by atoms with Crippen molar-refractivity contribution in [2.75, 3.05) is 18.8 Å². The SMILES string of the molecule is Cn1nc(N)cc1CN1CCCCC1. The second kappa shape index (κ2) is 4.00. The van der Waals surface area contributed by atoms with E-state index in [0.717, 1.165) is 6.54 Å². The molecule has 0 spiro atoms. The molecule has 4 heteroatoms. The zero-order valence-electron chi connectivity index (χ0n) is 8.74. The van der Waals surface area contributed by atoms with Crippen LogP contribution in [0.15, 0.2) is 6.07 Å². The minimum Gasteiger partial charge on any atom is -0.382 e. The van der Waals surface area contributed by atoms with Crippen molar-refractivity contribution < 1.29 is 0 Å². The number of aryl methyl sites for hydroxylation is 1. The first-order valence-electron chi connectivity index (χ1n) is 5.26. The maximum Gasteiger partial charge on any atom is 0.145 e. The number of rotatable bonds is 2. The van der Waals surface area contributed by atoms with Gasteiger partial charge in [-0.15, -0.1) is 0 Å². The van der Waals surface area contributed by atoms with Gasteiger partial charge < -0.3 is 5.73 Å². The Morgan fingerprint density at radius 2 is 2.07 bits per heavy atom. The van der Waals surface area contributed by atoms with E-state index in [9.17, 15) is 0 Å². The van der Waals surface area contributed by atoms with Crippen molar-refractivity contribution in [2.24, 2.45) is 7.05 Å². The predicted molar refractivity (Wildman–Crippen MR) is 56.7 cm³/mol. The third kappa shape index (κ3) is 2.07. The fourth-order valence-corrected chi connectivity index (χ4v) is 2.03. The Hall–Kier alpha value is -1.03. The molecule has 1 fully saturated rings. The Morgan fingerprint density at radius 3 is 2.64 bits per heavy atom. The Bertz CT molecular complexity index is 299. The number of anilines is 1. The summed E-state index contributed by atoms with van der Waals surface area (Å²) in [6, 6.07) is 1.97. The van der Waals surface area contributed by atoms with Crippen molar-refractivity contribution in [3.63, 3.8) is 0 Å². The lowest BCUT2D eigenvalue weighted by atomic mass is 10.1. The molecule has 0 atom stereocenters. The first-order chi connectivity index (χ1) is 6.75. The topological polar surface area (TPSA) is 47.1 Å². The Kier molecular flexibility index (Phi) is 2.72. The van der Waals surface area contributed by atoms with E-state index >= 15 is 0 Å². The monoisotopic (exact) mass is 194 g/mol. The molecular formula is C10H18N4. The molecule has 78 valence electrons. The fourth-order valence-electron chi connectivity index (χ4n) is 2.03. The summed E-state index contributed by atoms with van der Waals surface area (Å²) in [7, 11) is 1.95. The molecule has 1 saturated heterocycles. The first kappa shape index (κ1) is 9.52. The molecular weight excluding hydrogens is 176 g/mol. The van der Waals surface area contributed by atoms with Crippen LogP contribution in [0.2, 0.25) is 0 Å². The van der Waals surface area contributed by atoms with E-state index < -0.39 is 0 Å². The highest BCUT2D eigenvalue weighted by Crippen LogP contribution is 2.13. The molecule has 0 aliphatic carbocycles. The summed E-state index contributed by atoms with van der Waals surface area (Å²) >= 11 is 0. The lowest BCUT2D eigenvalue weighted by molar-refractivity contribution is 0.216. The number of likely N-dealkylation sites (tertiary alicyclic amines) is 1. The van der Waals surface area contributed by atoms with Crippen LogP contribution < -0.4 is 5.73 Å².